The number of allylic oxidation sites excluding steroid dienone is 2. The number of nitrogens with one attached hydrogen (secondary N) is 1. The molecule has 0 saturated heterocycles. The van der Waals surface area contributed by atoms with Gasteiger partial charge in [-0.25, -0.2) is 4.79 Å². The van der Waals surface area contributed by atoms with Crippen LogP contribution in [0.1, 0.15) is 94.2 Å². The average molecular weight is 782 g/mol. The number of esters is 1. The van der Waals surface area contributed by atoms with E-state index in [1.807, 2.05) is 25.2 Å². The molecule has 1 heterocycles. The third-order valence-electron chi connectivity index (χ3n) is 18.5. The van der Waals surface area contributed by atoms with Gasteiger partial charge in [-0.3, -0.25) is 0 Å². The van der Waals surface area contributed by atoms with Crippen LogP contribution in [-0.2, 0) is 27.4 Å². The van der Waals surface area contributed by atoms with Crippen LogP contribution in [0.3, 0.4) is 0 Å². The highest BCUT2D eigenvalue weighted by atomic mass is 16.5. The van der Waals surface area contributed by atoms with Crippen molar-refractivity contribution in [1.82, 2.24) is 5.32 Å². The third kappa shape index (κ3) is 4.69. The zero-order valence-corrected chi connectivity index (χ0v) is 33.1. The highest BCUT2D eigenvalue weighted by Gasteiger charge is 2.85. The second-order valence-electron chi connectivity index (χ2n) is 20.0. The van der Waals surface area contributed by atoms with Crippen LogP contribution in [0, 0.1) is 75.9 Å². The Morgan fingerprint density at radius 3 is 2.61 bits per heavy atom. The normalized spacial score (nSPS) is 51.6. The number of fused-ring (bicyclic) bond motifs is 7. The molecule has 1 aromatic rings. The molecule has 0 unspecified atom stereocenters. The predicted molar refractivity (Wildman–Crippen MR) is 209 cm³/mol. The Morgan fingerprint density at radius 2 is 1.84 bits per heavy atom. The van der Waals surface area contributed by atoms with Crippen LogP contribution in [-0.4, -0.2) is 91.1 Å². The molecular weight excluding hydrogens is 723 g/mol. The fraction of sp³-hybridized carbons (Fsp3) is 0.702. The second kappa shape index (κ2) is 13.1. The summed E-state index contributed by atoms with van der Waals surface area (Å²) in [4.78, 5) is 27.5. The molecule has 9 aliphatic carbocycles. The summed E-state index contributed by atoms with van der Waals surface area (Å²) in [6.07, 6.45) is 8.60. The van der Waals surface area contributed by atoms with E-state index < -0.39 is 69.7 Å². The lowest BCUT2D eigenvalue weighted by Gasteiger charge is -2.73. The van der Waals surface area contributed by atoms with Gasteiger partial charge in [0.1, 0.15) is 23.6 Å². The maximum atomic E-state index is 14.1. The first-order valence-electron chi connectivity index (χ1n) is 21.8. The van der Waals surface area contributed by atoms with E-state index in [2.05, 4.69) is 36.2 Å². The van der Waals surface area contributed by atoms with Crippen LogP contribution in [0.4, 0.5) is 0 Å². The molecule has 10 nitrogen and oxygen atoms in total. The summed E-state index contributed by atoms with van der Waals surface area (Å²) < 4.78 is 6.20. The SMILES string of the molecule is CN[C@H]1Cc2c(cccc2CO)C#CCC[C@]23CC[C@H]4[C@@](O)([C@@H](O)[C@H]5C[C@@H]6[C@H](C=CC[C@@H]6C)C[C@H]6[C@@H](O)CC[C@@]4(C=O)[C@]56O)[C@@]2(O)C[C@@H]2C[C@H]1[C@H]1OC(=O)C=C1[C@@H]23. The van der Waals surface area contributed by atoms with Gasteiger partial charge in [-0.1, -0.05) is 43.0 Å². The molecule has 7 N–H and O–H groups in total. The second-order valence-corrected chi connectivity index (χ2v) is 20.0. The standard InChI is InChI=1S/C47H59NO9/c1-25-7-5-10-27-18-34-37(51)12-15-44(24-50)38-13-16-43-14-4-3-8-26-9-6-11-28(23-49)31(26)20-36(48-2)32-17-29(40(43)33-21-39(52)57-41(32)33)22-45(43,54)47(38,56)42(53)35(19-30(25)27)46(34,44)55/h5-6,9-11,21,24-25,27,29-30,32,34-38,40-42,48-49,51,53-56H,4,7,12-20,22-23H2,1-2H3/t25-,27+,29-,30-,32+,34-,35+,36-,37-,38+,40+,41+,42-,43+,44-,45+,46+,47+/m0/s1. The predicted octanol–water partition coefficient (Wildman–Crippen LogP) is 3.12. The quantitative estimate of drug-likeness (QED) is 0.104. The number of likely N-dealkylation sites (N-methyl/N-ethyl adjacent to an activating group) is 1. The average Bonchev–Trinajstić information content (AvgIpc) is 3.66. The van der Waals surface area contributed by atoms with E-state index in [-0.39, 0.29) is 73.8 Å². The van der Waals surface area contributed by atoms with Gasteiger partial charge in [0.2, 0.25) is 0 Å². The molecule has 1 aliphatic heterocycles. The lowest BCUT2D eigenvalue weighted by Crippen LogP contribution is -2.85. The van der Waals surface area contributed by atoms with Crippen molar-refractivity contribution in [1.29, 1.82) is 0 Å². The molecule has 0 amide bonds. The molecule has 6 fully saturated rings. The third-order valence-corrected chi connectivity index (χ3v) is 18.5. The summed E-state index contributed by atoms with van der Waals surface area (Å²) in [5.41, 5.74) is -5.04. The Bertz CT molecular complexity index is 1990. The van der Waals surface area contributed by atoms with Crippen LogP contribution in [0.15, 0.2) is 42.0 Å². The highest BCUT2D eigenvalue weighted by molar-refractivity contribution is 5.86. The van der Waals surface area contributed by atoms with Gasteiger partial charge in [-0.2, -0.15) is 0 Å². The number of hydrogen-bond acceptors (Lipinski definition) is 10. The van der Waals surface area contributed by atoms with Gasteiger partial charge >= 0.3 is 5.97 Å². The van der Waals surface area contributed by atoms with E-state index in [9.17, 15) is 40.2 Å². The van der Waals surface area contributed by atoms with E-state index in [0.29, 0.717) is 44.9 Å². The number of benzene rings is 1. The first-order chi connectivity index (χ1) is 27.3. The smallest absolute Gasteiger partial charge is 0.331 e. The Balaban J connectivity index is 1.16. The van der Waals surface area contributed by atoms with Crippen molar-refractivity contribution < 1.29 is 45.0 Å². The first-order valence-corrected chi connectivity index (χ1v) is 21.8. The van der Waals surface area contributed by atoms with Crippen LogP contribution >= 0.6 is 0 Å². The molecule has 4 bridgehead atoms. The molecule has 57 heavy (non-hydrogen) atoms. The van der Waals surface area contributed by atoms with Gasteiger partial charge in [-0.05, 0) is 130 Å². The van der Waals surface area contributed by atoms with Crippen LogP contribution in [0.25, 0.3) is 0 Å². The Labute approximate surface area is 335 Å². The molecule has 1 spiro atoms. The first kappa shape index (κ1) is 38.3. The van der Waals surface area contributed by atoms with E-state index >= 15 is 0 Å². The molecule has 10 aliphatic rings. The van der Waals surface area contributed by atoms with E-state index in [4.69, 9.17) is 4.74 Å². The van der Waals surface area contributed by atoms with Crippen molar-refractivity contribution in [3.8, 4) is 11.8 Å². The molecule has 0 radical (unpaired) electrons. The number of aliphatic hydroxyl groups excluding tert-OH is 3. The monoisotopic (exact) mass is 781 g/mol. The minimum absolute atomic E-state index is 0.0439. The number of hydrogen-bond donors (Lipinski definition) is 7. The topological polar surface area (TPSA) is 177 Å². The van der Waals surface area contributed by atoms with Gasteiger partial charge in [-0.15, -0.1) is 0 Å². The number of aliphatic hydroxyl groups is 6. The molecule has 10 heteroatoms. The van der Waals surface area contributed by atoms with Crippen molar-refractivity contribution in [3.05, 3.63) is 58.7 Å². The van der Waals surface area contributed by atoms with Crippen molar-refractivity contribution in [3.63, 3.8) is 0 Å². The number of ether oxygens (including phenoxy) is 1. The summed E-state index contributed by atoms with van der Waals surface area (Å²) in [5, 5.41) is 80.3. The summed E-state index contributed by atoms with van der Waals surface area (Å²) in [6, 6.07) is 5.60. The molecule has 18 atom stereocenters. The van der Waals surface area contributed by atoms with Gasteiger partial charge in [0.25, 0.3) is 0 Å². The number of rotatable bonds is 3. The zero-order chi connectivity index (χ0) is 39.9. The van der Waals surface area contributed by atoms with Gasteiger partial charge in [0.05, 0.1) is 29.8 Å². The molecule has 306 valence electrons. The zero-order valence-electron chi connectivity index (χ0n) is 33.1. The van der Waals surface area contributed by atoms with Crippen molar-refractivity contribution in [2.24, 2.45) is 64.1 Å². The number of aldehydes is 1. The number of carbonyl (C=O) groups is 2. The van der Waals surface area contributed by atoms with E-state index in [1.54, 1.807) is 6.08 Å². The van der Waals surface area contributed by atoms with Gasteiger partial charge in [0.15, 0.2) is 0 Å². The minimum atomic E-state index is -2.19. The molecule has 0 aromatic heterocycles. The Kier molecular flexibility index (Phi) is 8.78. The minimum Gasteiger partial charge on any atom is -0.454 e. The van der Waals surface area contributed by atoms with Crippen LogP contribution in [0.5, 0.6) is 0 Å². The van der Waals surface area contributed by atoms with E-state index in [1.165, 1.54) is 0 Å². The largest absolute Gasteiger partial charge is 0.454 e. The summed E-state index contributed by atoms with van der Waals surface area (Å²) >= 11 is 0. The van der Waals surface area contributed by atoms with Crippen molar-refractivity contribution in [2.45, 2.75) is 132 Å². The maximum Gasteiger partial charge on any atom is 0.331 e. The highest BCUT2D eigenvalue weighted by Crippen LogP contribution is 2.77. The summed E-state index contributed by atoms with van der Waals surface area (Å²) in [6.45, 7) is 2.05. The Morgan fingerprint density at radius 1 is 1.02 bits per heavy atom. The van der Waals surface area contributed by atoms with Crippen LogP contribution in [0.2, 0.25) is 0 Å². The summed E-state index contributed by atoms with van der Waals surface area (Å²) in [5.74, 6) is 3.36. The van der Waals surface area contributed by atoms with E-state index in [0.717, 1.165) is 35.0 Å². The fourth-order valence-corrected chi connectivity index (χ4v) is 16.2. The molecule has 11 rings (SSSR count). The molecule has 6 saturated carbocycles. The van der Waals surface area contributed by atoms with Crippen molar-refractivity contribution in [2.75, 3.05) is 7.05 Å². The van der Waals surface area contributed by atoms with Gasteiger partial charge < -0.3 is 45.5 Å². The molecule has 1 aromatic carbocycles. The van der Waals surface area contributed by atoms with Crippen LogP contribution < -0.4 is 5.32 Å². The van der Waals surface area contributed by atoms with Gasteiger partial charge in [0, 0.05) is 53.2 Å². The summed E-state index contributed by atoms with van der Waals surface area (Å²) in [7, 11) is 1.89. The lowest BCUT2D eigenvalue weighted by atomic mass is 9.35. The fourth-order valence-electron chi connectivity index (χ4n) is 16.2. The van der Waals surface area contributed by atoms with Crippen molar-refractivity contribution >= 4 is 12.3 Å². The Hall–Kier alpha value is -2.88. The lowest BCUT2D eigenvalue weighted by molar-refractivity contribution is -0.375. The number of carbonyl (C=O) groups excluding carboxylic acids is 2. The maximum absolute atomic E-state index is 14.1. The molecular formula is C47H59NO9.